The minimum Gasteiger partial charge on any atom is -0.387 e. The topological polar surface area (TPSA) is 43.8 Å². The maximum Gasteiger partial charge on any atom is 0.230 e. The van der Waals surface area contributed by atoms with E-state index in [1.807, 2.05) is 11.0 Å². The Morgan fingerprint density at radius 3 is 2.80 bits per heavy atom. The van der Waals surface area contributed by atoms with Gasteiger partial charge in [0.15, 0.2) is 0 Å². The Labute approximate surface area is 150 Å². The Bertz CT molecular complexity index is 655. The van der Waals surface area contributed by atoms with E-state index < -0.39 is 6.10 Å². The fraction of sp³-hybridized carbons (Fsp3) is 0.667. The highest BCUT2D eigenvalue weighted by atomic mass is 16.3. The third kappa shape index (κ3) is 3.47. The van der Waals surface area contributed by atoms with Crippen molar-refractivity contribution in [2.24, 2.45) is 11.8 Å². The first-order valence-electron chi connectivity index (χ1n) is 9.89. The number of β-amino-alcohol motifs (C(OH)–C–C–N with tert-alkyl or cyclic N) is 1. The third-order valence-corrected chi connectivity index (χ3v) is 6.04. The van der Waals surface area contributed by atoms with Crippen LogP contribution in [0.25, 0.3) is 0 Å². The van der Waals surface area contributed by atoms with Crippen molar-refractivity contribution in [3.8, 4) is 0 Å². The second kappa shape index (κ2) is 6.73. The number of nitrogens with zero attached hydrogens (tertiary/aromatic N) is 2. The van der Waals surface area contributed by atoms with Gasteiger partial charge in [0.2, 0.25) is 5.91 Å². The van der Waals surface area contributed by atoms with Crippen molar-refractivity contribution >= 4 is 11.6 Å². The molecule has 4 nitrogen and oxygen atoms in total. The molecule has 3 atom stereocenters. The van der Waals surface area contributed by atoms with Crippen LogP contribution in [0, 0.1) is 11.8 Å². The number of hydrogen-bond acceptors (Lipinski definition) is 3. The van der Waals surface area contributed by atoms with Crippen LogP contribution in [-0.4, -0.2) is 41.6 Å². The number of piperidine rings is 1. The molecule has 0 spiro atoms. The van der Waals surface area contributed by atoms with Crippen molar-refractivity contribution in [2.75, 3.05) is 24.5 Å². The number of rotatable bonds is 4. The summed E-state index contributed by atoms with van der Waals surface area (Å²) in [5.74, 6) is 1.27. The van der Waals surface area contributed by atoms with Gasteiger partial charge in [0.25, 0.3) is 0 Å². The van der Waals surface area contributed by atoms with E-state index >= 15 is 0 Å². The molecule has 4 heteroatoms. The van der Waals surface area contributed by atoms with Gasteiger partial charge in [-0.05, 0) is 68.7 Å². The number of likely N-dealkylation sites (tertiary alicyclic amines) is 1. The van der Waals surface area contributed by atoms with E-state index in [-0.39, 0.29) is 12.0 Å². The zero-order valence-electron chi connectivity index (χ0n) is 15.4. The third-order valence-electron chi connectivity index (χ3n) is 6.04. The number of anilines is 1. The Hall–Kier alpha value is -1.39. The second-order valence-electron chi connectivity index (χ2n) is 8.45. The molecule has 1 aromatic carbocycles. The molecule has 3 aliphatic rings. The van der Waals surface area contributed by atoms with Gasteiger partial charge < -0.3 is 14.9 Å². The van der Waals surface area contributed by atoms with Crippen molar-refractivity contribution in [3.63, 3.8) is 0 Å². The van der Waals surface area contributed by atoms with Crippen molar-refractivity contribution < 1.29 is 9.90 Å². The molecule has 2 heterocycles. The van der Waals surface area contributed by atoms with Crippen LogP contribution in [0.5, 0.6) is 0 Å². The molecule has 4 rings (SSSR count). The normalized spacial score (nSPS) is 28.0. The van der Waals surface area contributed by atoms with Crippen LogP contribution in [0.2, 0.25) is 0 Å². The highest BCUT2D eigenvalue weighted by molar-refractivity contribution is 5.98. The molecule has 2 fully saturated rings. The molecule has 0 aromatic heterocycles. The predicted octanol–water partition coefficient (Wildman–Crippen LogP) is 3.14. The summed E-state index contributed by atoms with van der Waals surface area (Å²) in [7, 11) is 0. The molecule has 1 saturated heterocycles. The van der Waals surface area contributed by atoms with Crippen molar-refractivity contribution in [3.05, 3.63) is 29.3 Å². The SMILES string of the molecule is C[C@@H]1CCCN(C[C@H](O)c2ccc3c(c2)C[C@H](C)N3C(=O)C2CC2)C1. The van der Waals surface area contributed by atoms with Gasteiger partial charge in [-0.2, -0.15) is 0 Å². The van der Waals surface area contributed by atoms with Crippen LogP contribution in [-0.2, 0) is 11.2 Å². The maximum absolute atomic E-state index is 12.6. The van der Waals surface area contributed by atoms with E-state index in [4.69, 9.17) is 0 Å². The highest BCUT2D eigenvalue weighted by Gasteiger charge is 2.39. The lowest BCUT2D eigenvalue weighted by Crippen LogP contribution is -2.37. The lowest BCUT2D eigenvalue weighted by molar-refractivity contribution is -0.120. The number of hydrogen-bond donors (Lipinski definition) is 1. The molecule has 2 aliphatic heterocycles. The molecule has 1 aromatic rings. The Morgan fingerprint density at radius 1 is 1.28 bits per heavy atom. The predicted molar refractivity (Wildman–Crippen MR) is 99.6 cm³/mol. The minimum absolute atomic E-state index is 0.235. The molecule has 1 saturated carbocycles. The standard InChI is InChI=1S/C21H30N2O2/c1-14-4-3-9-22(12-14)13-20(24)17-7-8-19-18(11-17)10-15(2)23(19)21(25)16-5-6-16/h7-8,11,14-16,20,24H,3-6,9-10,12-13H2,1-2H3/t14-,15+,20+/m1/s1. The molecule has 0 bridgehead atoms. The fourth-order valence-corrected chi connectivity index (χ4v) is 4.52. The molecule has 1 amide bonds. The van der Waals surface area contributed by atoms with Gasteiger partial charge in [-0.1, -0.05) is 19.1 Å². The molecule has 0 radical (unpaired) electrons. The molecule has 1 aliphatic carbocycles. The average Bonchev–Trinajstić information content (AvgIpc) is 3.36. The van der Waals surface area contributed by atoms with E-state index in [2.05, 4.69) is 30.9 Å². The summed E-state index contributed by atoms with van der Waals surface area (Å²) in [5, 5.41) is 10.7. The number of benzene rings is 1. The number of carbonyl (C=O) groups is 1. The molecule has 25 heavy (non-hydrogen) atoms. The molecule has 136 valence electrons. The molecular formula is C21H30N2O2. The lowest BCUT2D eigenvalue weighted by Gasteiger charge is -2.32. The van der Waals surface area contributed by atoms with E-state index in [0.717, 1.165) is 49.5 Å². The average molecular weight is 342 g/mol. The van der Waals surface area contributed by atoms with Crippen LogP contribution < -0.4 is 4.90 Å². The van der Waals surface area contributed by atoms with Crippen LogP contribution in [0.15, 0.2) is 18.2 Å². The fourth-order valence-electron chi connectivity index (χ4n) is 4.52. The maximum atomic E-state index is 12.6. The lowest BCUT2D eigenvalue weighted by atomic mass is 9.98. The number of fused-ring (bicyclic) bond motifs is 1. The number of carbonyl (C=O) groups excluding carboxylic acids is 1. The van der Waals surface area contributed by atoms with Crippen LogP contribution in [0.1, 0.15) is 56.8 Å². The first-order chi connectivity index (χ1) is 12.0. The smallest absolute Gasteiger partial charge is 0.230 e. The zero-order valence-corrected chi connectivity index (χ0v) is 15.4. The first-order valence-corrected chi connectivity index (χ1v) is 9.89. The summed E-state index contributed by atoms with van der Waals surface area (Å²) in [6.45, 7) is 7.31. The van der Waals surface area contributed by atoms with Gasteiger partial charge in [-0.3, -0.25) is 4.79 Å². The Kier molecular flexibility index (Phi) is 4.59. The van der Waals surface area contributed by atoms with Gasteiger partial charge in [-0.15, -0.1) is 0 Å². The van der Waals surface area contributed by atoms with Crippen molar-refractivity contribution in [1.29, 1.82) is 0 Å². The molecule has 0 unspecified atom stereocenters. The Morgan fingerprint density at radius 2 is 2.08 bits per heavy atom. The summed E-state index contributed by atoms with van der Waals surface area (Å²) in [6.07, 6.45) is 5.07. The minimum atomic E-state index is -0.445. The quantitative estimate of drug-likeness (QED) is 0.914. The monoisotopic (exact) mass is 342 g/mol. The number of amides is 1. The summed E-state index contributed by atoms with van der Waals surface area (Å²) in [5.41, 5.74) is 3.27. The van der Waals surface area contributed by atoms with E-state index in [1.165, 1.54) is 18.4 Å². The van der Waals surface area contributed by atoms with Crippen LogP contribution in [0.3, 0.4) is 0 Å². The Balaban J connectivity index is 1.47. The van der Waals surface area contributed by atoms with Crippen molar-refractivity contribution in [2.45, 2.75) is 58.1 Å². The van der Waals surface area contributed by atoms with E-state index in [1.54, 1.807) is 0 Å². The van der Waals surface area contributed by atoms with Crippen LogP contribution >= 0.6 is 0 Å². The van der Waals surface area contributed by atoms with Gasteiger partial charge >= 0.3 is 0 Å². The summed E-state index contributed by atoms with van der Waals surface area (Å²) >= 11 is 0. The highest BCUT2D eigenvalue weighted by Crippen LogP contribution is 2.39. The van der Waals surface area contributed by atoms with Crippen molar-refractivity contribution in [1.82, 2.24) is 4.90 Å². The number of aliphatic hydroxyl groups is 1. The second-order valence-corrected chi connectivity index (χ2v) is 8.45. The van der Waals surface area contributed by atoms with Gasteiger partial charge in [0.1, 0.15) is 0 Å². The first kappa shape index (κ1) is 17.0. The molecule has 1 N–H and O–H groups in total. The van der Waals surface area contributed by atoms with Gasteiger partial charge in [0.05, 0.1) is 6.10 Å². The van der Waals surface area contributed by atoms with Gasteiger partial charge in [0, 0.05) is 30.7 Å². The largest absolute Gasteiger partial charge is 0.387 e. The zero-order chi connectivity index (χ0) is 17.6. The molecular weight excluding hydrogens is 312 g/mol. The summed E-state index contributed by atoms with van der Waals surface area (Å²) < 4.78 is 0. The van der Waals surface area contributed by atoms with Crippen LogP contribution in [0.4, 0.5) is 5.69 Å². The summed E-state index contributed by atoms with van der Waals surface area (Å²) in [6, 6.07) is 6.43. The van der Waals surface area contributed by atoms with E-state index in [9.17, 15) is 9.90 Å². The number of aliphatic hydroxyl groups excluding tert-OH is 1. The summed E-state index contributed by atoms with van der Waals surface area (Å²) in [4.78, 5) is 16.9. The van der Waals surface area contributed by atoms with E-state index in [0.29, 0.717) is 12.5 Å². The van der Waals surface area contributed by atoms with Gasteiger partial charge in [-0.25, -0.2) is 0 Å².